The van der Waals surface area contributed by atoms with Gasteiger partial charge in [0.1, 0.15) is 0 Å². The number of nitrogens with zero attached hydrogens (tertiary/aromatic N) is 1. The van der Waals surface area contributed by atoms with Gasteiger partial charge in [-0.2, -0.15) is 0 Å². The molecule has 1 heterocycles. The molecule has 7 heteroatoms. The molecule has 1 aromatic carbocycles. The molecule has 24 heavy (non-hydrogen) atoms. The van der Waals surface area contributed by atoms with Gasteiger partial charge in [-0.15, -0.1) is 0 Å². The summed E-state index contributed by atoms with van der Waals surface area (Å²) in [5.74, 6) is -1.84. The van der Waals surface area contributed by atoms with E-state index in [0.29, 0.717) is 25.1 Å². The van der Waals surface area contributed by atoms with E-state index in [2.05, 4.69) is 5.32 Å². The smallest absolute Gasteiger partial charge is 0.321 e. The minimum absolute atomic E-state index is 0.229. The summed E-state index contributed by atoms with van der Waals surface area (Å²) in [6, 6.07) is 6.93. The lowest BCUT2D eigenvalue weighted by Gasteiger charge is -2.17. The quantitative estimate of drug-likeness (QED) is 0.803. The molecule has 0 bridgehead atoms. The molecule has 2 unspecified atom stereocenters. The highest BCUT2D eigenvalue weighted by Crippen LogP contribution is 2.19. The molecule has 0 aromatic heterocycles. The van der Waals surface area contributed by atoms with Crippen molar-refractivity contribution in [3.8, 4) is 0 Å². The molecule has 1 fully saturated rings. The van der Waals surface area contributed by atoms with Crippen LogP contribution >= 0.6 is 0 Å². The number of ether oxygens (including phenoxy) is 1. The standard InChI is InChI=1S/C17H22N2O5/c1-11(16(22)24-2)9-12-3-5-14(6-4-12)18-17(23)19-8-7-13(10-19)15(20)21/h3-6,11,13H,7-10H2,1-2H3,(H,18,23)(H,20,21). The zero-order valence-electron chi connectivity index (χ0n) is 13.8. The molecular weight excluding hydrogens is 312 g/mol. The zero-order valence-corrected chi connectivity index (χ0v) is 13.8. The number of anilines is 1. The van der Waals surface area contributed by atoms with Crippen molar-refractivity contribution in [3.63, 3.8) is 0 Å². The fourth-order valence-corrected chi connectivity index (χ4v) is 2.71. The van der Waals surface area contributed by atoms with Crippen molar-refractivity contribution in [2.45, 2.75) is 19.8 Å². The second-order valence-corrected chi connectivity index (χ2v) is 6.03. The molecule has 2 rings (SSSR count). The third-order valence-electron chi connectivity index (χ3n) is 4.18. The number of esters is 1. The number of carboxylic acids is 1. The van der Waals surface area contributed by atoms with Crippen LogP contribution < -0.4 is 5.32 Å². The first-order valence-electron chi connectivity index (χ1n) is 7.86. The summed E-state index contributed by atoms with van der Waals surface area (Å²) in [6.45, 7) is 2.47. The molecule has 1 saturated heterocycles. The SMILES string of the molecule is COC(=O)C(C)Cc1ccc(NC(=O)N2CCC(C(=O)O)C2)cc1. The molecule has 2 atom stereocenters. The minimum atomic E-state index is -0.866. The summed E-state index contributed by atoms with van der Waals surface area (Å²) in [5.41, 5.74) is 1.60. The first kappa shape index (κ1) is 17.8. The van der Waals surface area contributed by atoms with Crippen LogP contribution in [0.3, 0.4) is 0 Å². The first-order chi connectivity index (χ1) is 11.4. The van der Waals surface area contributed by atoms with E-state index in [4.69, 9.17) is 9.84 Å². The molecule has 130 valence electrons. The zero-order chi connectivity index (χ0) is 17.7. The van der Waals surface area contributed by atoms with Crippen molar-refractivity contribution in [2.75, 3.05) is 25.5 Å². The maximum atomic E-state index is 12.1. The largest absolute Gasteiger partial charge is 0.481 e. The summed E-state index contributed by atoms with van der Waals surface area (Å²) in [7, 11) is 1.37. The Bertz CT molecular complexity index is 614. The summed E-state index contributed by atoms with van der Waals surface area (Å²) in [6.07, 6.45) is 1.04. The highest BCUT2D eigenvalue weighted by Gasteiger charge is 2.30. The van der Waals surface area contributed by atoms with Crippen LogP contribution in [-0.4, -0.2) is 48.2 Å². The second-order valence-electron chi connectivity index (χ2n) is 6.03. The number of hydrogen-bond acceptors (Lipinski definition) is 4. The first-order valence-corrected chi connectivity index (χ1v) is 7.86. The molecule has 7 nitrogen and oxygen atoms in total. The highest BCUT2D eigenvalue weighted by molar-refractivity contribution is 5.90. The molecule has 1 aliphatic heterocycles. The molecule has 0 spiro atoms. The van der Waals surface area contributed by atoms with E-state index >= 15 is 0 Å². The van der Waals surface area contributed by atoms with E-state index < -0.39 is 11.9 Å². The van der Waals surface area contributed by atoms with Crippen molar-refractivity contribution in [1.82, 2.24) is 4.90 Å². The van der Waals surface area contributed by atoms with Gasteiger partial charge in [-0.3, -0.25) is 9.59 Å². The van der Waals surface area contributed by atoms with Gasteiger partial charge in [0.2, 0.25) is 0 Å². The molecule has 2 N–H and O–H groups in total. The molecule has 2 amide bonds. The van der Waals surface area contributed by atoms with Crippen LogP contribution in [0.5, 0.6) is 0 Å². The third-order valence-corrected chi connectivity index (χ3v) is 4.18. The lowest BCUT2D eigenvalue weighted by Crippen LogP contribution is -2.33. The number of carbonyl (C=O) groups excluding carboxylic acids is 2. The number of amides is 2. The maximum Gasteiger partial charge on any atom is 0.321 e. The van der Waals surface area contributed by atoms with E-state index in [9.17, 15) is 14.4 Å². The highest BCUT2D eigenvalue weighted by atomic mass is 16.5. The van der Waals surface area contributed by atoms with Crippen molar-refractivity contribution in [1.29, 1.82) is 0 Å². The number of benzene rings is 1. The minimum Gasteiger partial charge on any atom is -0.481 e. The lowest BCUT2D eigenvalue weighted by molar-refractivity contribution is -0.144. The van der Waals surface area contributed by atoms with E-state index in [1.54, 1.807) is 19.1 Å². The molecule has 0 saturated carbocycles. The van der Waals surface area contributed by atoms with Gasteiger partial charge in [0.15, 0.2) is 0 Å². The Balaban J connectivity index is 1.88. The van der Waals surface area contributed by atoms with E-state index in [1.165, 1.54) is 12.0 Å². The number of carboxylic acid groups (broad SMARTS) is 1. The Hall–Kier alpha value is -2.57. The number of likely N-dealkylation sites (tertiary alicyclic amines) is 1. The lowest BCUT2D eigenvalue weighted by atomic mass is 10.0. The van der Waals surface area contributed by atoms with Crippen molar-refractivity contribution in [3.05, 3.63) is 29.8 Å². The molecule has 1 aliphatic rings. The Kier molecular flexibility index (Phi) is 5.78. The van der Waals surface area contributed by atoms with Crippen LogP contribution in [0.4, 0.5) is 10.5 Å². The van der Waals surface area contributed by atoms with Gasteiger partial charge < -0.3 is 20.1 Å². The molecular formula is C17H22N2O5. The van der Waals surface area contributed by atoms with Gasteiger partial charge in [-0.05, 0) is 30.5 Å². The second kappa shape index (κ2) is 7.81. The maximum absolute atomic E-state index is 12.1. The van der Waals surface area contributed by atoms with Gasteiger partial charge in [-0.25, -0.2) is 4.79 Å². The number of urea groups is 1. The molecule has 0 radical (unpaired) electrons. The normalized spacial score (nSPS) is 18.1. The summed E-state index contributed by atoms with van der Waals surface area (Å²) in [5, 5.41) is 11.7. The van der Waals surface area contributed by atoms with Gasteiger partial charge in [-0.1, -0.05) is 19.1 Å². The number of methoxy groups -OCH3 is 1. The topological polar surface area (TPSA) is 95.9 Å². The predicted octanol–water partition coefficient (Wildman–Crippen LogP) is 1.98. The van der Waals surface area contributed by atoms with Gasteiger partial charge in [0.25, 0.3) is 0 Å². The summed E-state index contributed by atoms with van der Waals surface area (Å²) < 4.78 is 4.70. The molecule has 0 aliphatic carbocycles. The van der Waals surface area contributed by atoms with Crippen molar-refractivity contribution in [2.24, 2.45) is 11.8 Å². The van der Waals surface area contributed by atoms with Gasteiger partial charge in [0, 0.05) is 18.8 Å². The van der Waals surface area contributed by atoms with E-state index in [0.717, 1.165) is 5.56 Å². The predicted molar refractivity (Wildman–Crippen MR) is 87.7 cm³/mol. The van der Waals surface area contributed by atoms with Crippen molar-refractivity contribution >= 4 is 23.7 Å². The van der Waals surface area contributed by atoms with Gasteiger partial charge >= 0.3 is 18.0 Å². The van der Waals surface area contributed by atoms with E-state index in [1.807, 2.05) is 12.1 Å². The van der Waals surface area contributed by atoms with Gasteiger partial charge in [0.05, 0.1) is 18.9 Å². The fraction of sp³-hybridized carbons (Fsp3) is 0.471. The van der Waals surface area contributed by atoms with Crippen LogP contribution in [0.2, 0.25) is 0 Å². The Morgan fingerprint density at radius 2 is 2.00 bits per heavy atom. The fourth-order valence-electron chi connectivity index (χ4n) is 2.71. The van der Waals surface area contributed by atoms with Crippen LogP contribution in [0.25, 0.3) is 0 Å². The van der Waals surface area contributed by atoms with Crippen LogP contribution in [-0.2, 0) is 20.7 Å². The summed E-state index contributed by atoms with van der Waals surface area (Å²) >= 11 is 0. The third kappa shape index (κ3) is 4.47. The Morgan fingerprint density at radius 1 is 1.33 bits per heavy atom. The number of hydrogen-bond donors (Lipinski definition) is 2. The number of carbonyl (C=O) groups is 3. The van der Waals surface area contributed by atoms with Crippen molar-refractivity contribution < 1.29 is 24.2 Å². The average molecular weight is 334 g/mol. The van der Waals surface area contributed by atoms with Crippen LogP contribution in [0.15, 0.2) is 24.3 Å². The number of nitrogens with one attached hydrogen (secondary N) is 1. The monoisotopic (exact) mass is 334 g/mol. The summed E-state index contributed by atoms with van der Waals surface area (Å²) in [4.78, 5) is 36.0. The van der Waals surface area contributed by atoms with Crippen LogP contribution in [0, 0.1) is 11.8 Å². The van der Waals surface area contributed by atoms with E-state index in [-0.39, 0.29) is 24.5 Å². The Morgan fingerprint density at radius 3 is 2.54 bits per heavy atom. The number of rotatable bonds is 5. The Labute approximate surface area is 140 Å². The van der Waals surface area contributed by atoms with Crippen LogP contribution in [0.1, 0.15) is 18.9 Å². The molecule has 1 aromatic rings. The average Bonchev–Trinajstić information content (AvgIpc) is 3.06. The number of aliphatic carboxylic acids is 1.